The predicted molar refractivity (Wildman–Crippen MR) is 131 cm³/mol. The number of alkyl halides is 3. The number of aromatic nitrogens is 4. The molecule has 0 fully saturated rings. The maximum atomic E-state index is 14.4. The van der Waals surface area contributed by atoms with Crippen LogP contribution in [0.1, 0.15) is 12.7 Å². The highest BCUT2D eigenvalue weighted by atomic mass is 32.2. The highest BCUT2D eigenvalue weighted by molar-refractivity contribution is 7.92. The molecule has 40 heavy (non-hydrogen) atoms. The highest BCUT2D eigenvalue weighted by Crippen LogP contribution is 2.37. The molecule has 0 radical (unpaired) electrons. The third-order valence-corrected chi connectivity index (χ3v) is 6.46. The molecule has 0 unspecified atom stereocenters. The molecule has 0 aliphatic heterocycles. The molecule has 11 nitrogen and oxygen atoms in total. The minimum absolute atomic E-state index is 0.0309. The van der Waals surface area contributed by atoms with Crippen molar-refractivity contribution in [2.24, 2.45) is 0 Å². The molecule has 4 aromatic rings. The van der Waals surface area contributed by atoms with E-state index in [-0.39, 0.29) is 51.4 Å². The quantitative estimate of drug-likeness (QED) is 0.274. The Labute approximate surface area is 223 Å². The number of ether oxygens (including phenoxy) is 2. The van der Waals surface area contributed by atoms with E-state index >= 15 is 0 Å². The summed E-state index contributed by atoms with van der Waals surface area (Å²) in [6.45, 7) is 1.07. The second-order valence-corrected chi connectivity index (χ2v) is 10.1. The molecule has 0 atom stereocenters. The smallest absolute Gasteiger partial charge is 0.422 e. The lowest BCUT2D eigenvalue weighted by Crippen LogP contribution is -2.23. The molecule has 0 saturated heterocycles. The lowest BCUT2D eigenvalue weighted by Gasteiger charge is -2.15. The number of halogens is 5. The van der Waals surface area contributed by atoms with Gasteiger partial charge in [0.05, 0.1) is 17.1 Å². The van der Waals surface area contributed by atoms with Crippen molar-refractivity contribution < 1.29 is 44.6 Å². The van der Waals surface area contributed by atoms with Crippen LogP contribution in [0.4, 0.5) is 38.1 Å². The summed E-state index contributed by atoms with van der Waals surface area (Å²) in [6.07, 6.45) is -6.22. The number of anilines is 2. The second kappa shape index (κ2) is 10.9. The zero-order valence-electron chi connectivity index (χ0n) is 20.6. The fourth-order valence-electron chi connectivity index (χ4n) is 3.31. The number of aryl methyl sites for hydroxylation is 1. The summed E-state index contributed by atoms with van der Waals surface area (Å²) in [6, 6.07) is 7.69. The van der Waals surface area contributed by atoms with Crippen molar-refractivity contribution >= 4 is 33.1 Å². The van der Waals surface area contributed by atoms with Gasteiger partial charge in [0.15, 0.2) is 24.0 Å². The van der Waals surface area contributed by atoms with Crippen LogP contribution in [0, 0.1) is 18.6 Å². The number of fused-ring (bicyclic) bond motifs is 1. The Morgan fingerprint density at radius 1 is 1.05 bits per heavy atom. The van der Waals surface area contributed by atoms with Gasteiger partial charge in [-0.1, -0.05) is 0 Å². The van der Waals surface area contributed by atoms with Crippen LogP contribution in [0.2, 0.25) is 0 Å². The van der Waals surface area contributed by atoms with Crippen molar-refractivity contribution in [2.75, 3.05) is 22.4 Å². The molecule has 1 amide bonds. The first-order valence-corrected chi connectivity index (χ1v) is 12.9. The number of hydrogen-bond donors (Lipinski definition) is 2. The zero-order valence-corrected chi connectivity index (χ0v) is 21.4. The normalized spacial score (nSPS) is 11.9. The van der Waals surface area contributed by atoms with Crippen LogP contribution in [0.5, 0.6) is 11.5 Å². The van der Waals surface area contributed by atoms with Crippen molar-refractivity contribution in [1.82, 2.24) is 19.8 Å². The van der Waals surface area contributed by atoms with Gasteiger partial charge in [-0.05, 0) is 50.2 Å². The Hall–Kier alpha value is -4.54. The van der Waals surface area contributed by atoms with E-state index in [1.807, 2.05) is 0 Å². The summed E-state index contributed by atoms with van der Waals surface area (Å²) in [4.78, 5) is 12.1. The monoisotopic (exact) mass is 586 g/mol. The van der Waals surface area contributed by atoms with Crippen LogP contribution < -0.4 is 14.8 Å². The van der Waals surface area contributed by atoms with Crippen molar-refractivity contribution in [1.29, 1.82) is 0 Å². The Morgan fingerprint density at radius 2 is 1.77 bits per heavy atom. The summed E-state index contributed by atoms with van der Waals surface area (Å²) in [5, 5.41) is 14.2. The fraction of sp³-hybridized carbons (Fsp3) is 0.217. The summed E-state index contributed by atoms with van der Waals surface area (Å²) in [5.41, 5.74) is -0.153. The van der Waals surface area contributed by atoms with Gasteiger partial charge in [0, 0.05) is 17.3 Å². The molecule has 2 aromatic carbocycles. The van der Waals surface area contributed by atoms with E-state index in [4.69, 9.17) is 4.74 Å². The van der Waals surface area contributed by atoms with Crippen LogP contribution in [-0.4, -0.2) is 52.9 Å². The van der Waals surface area contributed by atoms with Crippen LogP contribution >= 0.6 is 0 Å². The number of nitrogens with zero attached hydrogens (tertiary/aromatic N) is 4. The third kappa shape index (κ3) is 6.71. The predicted octanol–water partition coefficient (Wildman–Crippen LogP) is 5.04. The highest BCUT2D eigenvalue weighted by Gasteiger charge is 2.30. The van der Waals surface area contributed by atoms with Crippen molar-refractivity contribution in [2.45, 2.75) is 20.0 Å². The molecular weight excluding hydrogens is 567 g/mol. The first kappa shape index (κ1) is 28.5. The van der Waals surface area contributed by atoms with Gasteiger partial charge < -0.3 is 9.47 Å². The summed E-state index contributed by atoms with van der Waals surface area (Å²) < 4.78 is 103. The lowest BCUT2D eigenvalue weighted by molar-refractivity contribution is -0.159. The van der Waals surface area contributed by atoms with Gasteiger partial charge in [0.1, 0.15) is 11.6 Å². The Kier molecular flexibility index (Phi) is 7.77. The average molecular weight is 586 g/mol. The number of rotatable bonds is 8. The van der Waals surface area contributed by atoms with E-state index in [0.29, 0.717) is 6.07 Å². The Balaban J connectivity index is 1.83. The van der Waals surface area contributed by atoms with Gasteiger partial charge in [-0.25, -0.2) is 22.0 Å². The first-order valence-electron chi connectivity index (χ1n) is 11.3. The standard InChI is InChI=1S/C23H19F5N6O5S/c1-3-40(36,37)33-14-5-7-19(39-20-6-4-13(24)8-16(20)25)15(9-14)17-10-18(21-31-30-12(2)34(21)32-17)29-22(35)38-11-23(26,27)28/h4-10,33H,3,11H2,1-2H3,(H,29,35). The number of carbonyl (C=O) groups excluding carboxylic acids is 1. The Morgan fingerprint density at radius 3 is 2.45 bits per heavy atom. The van der Waals surface area contributed by atoms with Crippen molar-refractivity contribution in [3.8, 4) is 22.8 Å². The van der Waals surface area contributed by atoms with E-state index < -0.39 is 40.5 Å². The van der Waals surface area contributed by atoms with E-state index in [1.54, 1.807) is 0 Å². The lowest BCUT2D eigenvalue weighted by atomic mass is 10.1. The molecular formula is C23H19F5N6O5S. The first-order chi connectivity index (χ1) is 18.7. The Bertz CT molecular complexity index is 1690. The summed E-state index contributed by atoms with van der Waals surface area (Å²) in [5.74, 6) is -2.38. The van der Waals surface area contributed by atoms with Gasteiger partial charge in [-0.15, -0.1) is 10.2 Å². The molecule has 2 N–H and O–H groups in total. The molecule has 2 aromatic heterocycles. The van der Waals surface area contributed by atoms with Crippen LogP contribution in [0.3, 0.4) is 0 Å². The number of nitrogens with one attached hydrogen (secondary N) is 2. The summed E-state index contributed by atoms with van der Waals surface area (Å²) in [7, 11) is -3.73. The molecule has 212 valence electrons. The van der Waals surface area contributed by atoms with Crippen LogP contribution in [-0.2, 0) is 14.8 Å². The minimum Gasteiger partial charge on any atom is -0.454 e. The van der Waals surface area contributed by atoms with Crippen molar-refractivity contribution in [3.05, 3.63) is 59.9 Å². The molecule has 0 aliphatic rings. The van der Waals surface area contributed by atoms with Gasteiger partial charge in [0.25, 0.3) is 0 Å². The van der Waals surface area contributed by atoms with E-state index in [9.17, 15) is 35.2 Å². The van der Waals surface area contributed by atoms with E-state index in [0.717, 1.165) is 16.6 Å². The molecule has 2 heterocycles. The van der Waals surface area contributed by atoms with E-state index in [1.165, 1.54) is 38.1 Å². The van der Waals surface area contributed by atoms with Crippen LogP contribution in [0.15, 0.2) is 42.5 Å². The molecule has 0 aliphatic carbocycles. The largest absolute Gasteiger partial charge is 0.454 e. The fourth-order valence-corrected chi connectivity index (χ4v) is 3.94. The topological polar surface area (TPSA) is 137 Å². The molecule has 4 rings (SSSR count). The molecule has 0 saturated carbocycles. The van der Waals surface area contributed by atoms with Gasteiger partial charge in [0.2, 0.25) is 15.7 Å². The number of benzene rings is 2. The number of amides is 1. The minimum atomic E-state index is -4.77. The van der Waals surface area contributed by atoms with Crippen LogP contribution in [0.25, 0.3) is 16.9 Å². The number of hydrogen-bond acceptors (Lipinski definition) is 8. The molecule has 0 bridgehead atoms. The SMILES string of the molecule is CCS(=O)(=O)Nc1ccc(Oc2ccc(F)cc2F)c(-c2cc(NC(=O)OCC(F)(F)F)c3nnc(C)n3n2)c1. The zero-order chi connectivity index (χ0) is 29.2. The van der Waals surface area contributed by atoms with Gasteiger partial charge in [-0.2, -0.15) is 22.8 Å². The molecule has 17 heteroatoms. The van der Waals surface area contributed by atoms with Crippen molar-refractivity contribution in [3.63, 3.8) is 0 Å². The second-order valence-electron chi connectivity index (χ2n) is 8.14. The van der Waals surface area contributed by atoms with E-state index in [2.05, 4.69) is 30.1 Å². The van der Waals surface area contributed by atoms with Gasteiger partial charge >= 0.3 is 12.3 Å². The summed E-state index contributed by atoms with van der Waals surface area (Å²) >= 11 is 0. The van der Waals surface area contributed by atoms with Gasteiger partial charge in [-0.3, -0.25) is 10.0 Å². The third-order valence-electron chi connectivity index (χ3n) is 5.15. The maximum absolute atomic E-state index is 14.4. The number of sulfonamides is 1. The average Bonchev–Trinajstić information content (AvgIpc) is 3.25. The number of carbonyl (C=O) groups is 1. The molecule has 0 spiro atoms. The maximum Gasteiger partial charge on any atom is 0.422 e.